The quantitative estimate of drug-likeness (QED) is 0.905. The molecule has 0 aliphatic carbocycles. The van der Waals surface area contributed by atoms with Crippen LogP contribution in [0.3, 0.4) is 0 Å². The normalized spacial score (nSPS) is 24.5. The topological polar surface area (TPSA) is 57.6 Å². The fourth-order valence-electron chi connectivity index (χ4n) is 2.74. The van der Waals surface area contributed by atoms with Crippen molar-refractivity contribution in [3.8, 4) is 0 Å². The molecule has 1 saturated heterocycles. The maximum atomic E-state index is 12.1. The largest absolute Gasteiger partial charge is 0.481 e. The molecule has 0 saturated carbocycles. The van der Waals surface area contributed by atoms with Gasteiger partial charge in [0.15, 0.2) is 0 Å². The van der Waals surface area contributed by atoms with Gasteiger partial charge in [0.25, 0.3) is 0 Å². The minimum absolute atomic E-state index is 0.0575. The first-order chi connectivity index (χ1) is 9.06. The number of hydrogen-bond acceptors (Lipinski definition) is 2. The van der Waals surface area contributed by atoms with E-state index in [1.54, 1.807) is 4.90 Å². The van der Waals surface area contributed by atoms with E-state index in [0.29, 0.717) is 0 Å². The first-order valence-electron chi connectivity index (χ1n) is 6.65. The molecule has 1 N–H and O–H groups in total. The molecule has 102 valence electrons. The van der Waals surface area contributed by atoms with Gasteiger partial charge < -0.3 is 10.0 Å². The van der Waals surface area contributed by atoms with Gasteiger partial charge >= 0.3 is 5.97 Å². The van der Waals surface area contributed by atoms with Gasteiger partial charge in [0, 0.05) is 12.5 Å². The second kappa shape index (κ2) is 5.43. The second-order valence-electron chi connectivity index (χ2n) is 5.06. The maximum Gasteiger partial charge on any atom is 0.309 e. The predicted molar refractivity (Wildman–Crippen MR) is 71.5 cm³/mol. The second-order valence-corrected chi connectivity index (χ2v) is 5.06. The molecule has 1 aliphatic heterocycles. The smallest absolute Gasteiger partial charge is 0.309 e. The van der Waals surface area contributed by atoms with Crippen LogP contribution in [0.5, 0.6) is 0 Å². The molecule has 2 rings (SSSR count). The Morgan fingerprint density at radius 1 is 1.42 bits per heavy atom. The lowest BCUT2D eigenvalue weighted by Gasteiger charge is -2.32. The Labute approximate surface area is 113 Å². The molecule has 4 heteroatoms. The van der Waals surface area contributed by atoms with Crippen molar-refractivity contribution in [2.24, 2.45) is 5.92 Å². The molecule has 1 aromatic rings. The Kier molecular flexibility index (Phi) is 3.88. The van der Waals surface area contributed by atoms with Crippen molar-refractivity contribution >= 4 is 11.9 Å². The summed E-state index contributed by atoms with van der Waals surface area (Å²) < 4.78 is 0. The van der Waals surface area contributed by atoms with Crippen molar-refractivity contribution in [2.45, 2.75) is 38.8 Å². The highest BCUT2D eigenvalue weighted by atomic mass is 16.4. The summed E-state index contributed by atoms with van der Waals surface area (Å²) >= 11 is 0. The van der Waals surface area contributed by atoms with Gasteiger partial charge in [-0.25, -0.2) is 0 Å². The van der Waals surface area contributed by atoms with Crippen LogP contribution in [0.15, 0.2) is 30.3 Å². The summed E-state index contributed by atoms with van der Waals surface area (Å²) in [6.45, 7) is 3.98. The summed E-state index contributed by atoms with van der Waals surface area (Å²) in [5, 5.41) is 9.36. The van der Waals surface area contributed by atoms with Gasteiger partial charge in [0.1, 0.15) is 0 Å². The Morgan fingerprint density at radius 3 is 2.58 bits per heavy atom. The molecule has 1 aliphatic rings. The van der Waals surface area contributed by atoms with Crippen molar-refractivity contribution < 1.29 is 14.7 Å². The number of hydrogen-bond donors (Lipinski definition) is 1. The first kappa shape index (κ1) is 13.6. The van der Waals surface area contributed by atoms with Gasteiger partial charge in [0.05, 0.1) is 12.0 Å². The van der Waals surface area contributed by atoms with Crippen molar-refractivity contribution in [3.63, 3.8) is 0 Å². The minimum atomic E-state index is -0.895. The molecule has 1 aromatic carbocycles. The zero-order valence-corrected chi connectivity index (χ0v) is 11.2. The molecule has 0 aromatic heterocycles. The van der Waals surface area contributed by atoms with Crippen LogP contribution in [0.4, 0.5) is 0 Å². The summed E-state index contributed by atoms with van der Waals surface area (Å²) in [4.78, 5) is 25.3. The third kappa shape index (κ3) is 2.48. The molecular formula is C15H19NO3. The number of nitrogens with zero attached hydrogens (tertiary/aromatic N) is 1. The van der Waals surface area contributed by atoms with E-state index < -0.39 is 11.9 Å². The Hall–Kier alpha value is -1.84. The minimum Gasteiger partial charge on any atom is -0.481 e. The van der Waals surface area contributed by atoms with Gasteiger partial charge in [-0.15, -0.1) is 0 Å². The van der Waals surface area contributed by atoms with Crippen LogP contribution in [0.25, 0.3) is 0 Å². The van der Waals surface area contributed by atoms with Crippen LogP contribution in [0.2, 0.25) is 0 Å². The van der Waals surface area contributed by atoms with Gasteiger partial charge in [-0.3, -0.25) is 9.59 Å². The van der Waals surface area contributed by atoms with E-state index in [0.717, 1.165) is 12.0 Å². The molecule has 0 radical (unpaired) electrons. The number of amides is 1. The highest BCUT2D eigenvalue weighted by molar-refractivity contribution is 5.87. The lowest BCUT2D eigenvalue weighted by Crippen LogP contribution is -2.37. The summed E-state index contributed by atoms with van der Waals surface area (Å²) in [7, 11) is 0. The molecule has 4 nitrogen and oxygen atoms in total. The molecule has 0 spiro atoms. The Bertz CT molecular complexity index is 472. The molecular weight excluding hydrogens is 242 g/mol. The van der Waals surface area contributed by atoms with Gasteiger partial charge in [-0.05, 0) is 18.9 Å². The van der Waals surface area contributed by atoms with Crippen molar-refractivity contribution in [1.29, 1.82) is 0 Å². The Morgan fingerprint density at radius 2 is 2.05 bits per heavy atom. The van der Waals surface area contributed by atoms with Crippen molar-refractivity contribution in [1.82, 2.24) is 4.90 Å². The molecule has 3 unspecified atom stereocenters. The molecule has 1 amide bonds. The molecule has 1 heterocycles. The van der Waals surface area contributed by atoms with Crippen LogP contribution in [0, 0.1) is 5.92 Å². The molecule has 1 fully saturated rings. The van der Waals surface area contributed by atoms with Crippen LogP contribution in [-0.2, 0) is 9.59 Å². The summed E-state index contributed by atoms with van der Waals surface area (Å²) in [6.07, 6.45) is 0.917. The van der Waals surface area contributed by atoms with E-state index in [1.807, 2.05) is 44.2 Å². The van der Waals surface area contributed by atoms with Crippen molar-refractivity contribution in [2.75, 3.05) is 0 Å². The summed E-state index contributed by atoms with van der Waals surface area (Å²) in [5.41, 5.74) is 0.904. The van der Waals surface area contributed by atoms with Gasteiger partial charge in [-0.2, -0.15) is 0 Å². The lowest BCUT2D eigenvalue weighted by atomic mass is 9.93. The molecule has 3 atom stereocenters. The highest BCUT2D eigenvalue weighted by Crippen LogP contribution is 2.40. The van der Waals surface area contributed by atoms with Gasteiger partial charge in [0.2, 0.25) is 5.91 Å². The number of benzene rings is 1. The van der Waals surface area contributed by atoms with E-state index in [2.05, 4.69) is 0 Å². The first-order valence-corrected chi connectivity index (χ1v) is 6.65. The fraction of sp³-hybridized carbons (Fsp3) is 0.467. The standard InChI is InChI=1S/C15H19NO3/c1-3-10(2)16-13(17)9-12(15(18)19)14(16)11-7-5-4-6-8-11/h4-8,10,12,14H,3,9H2,1-2H3,(H,18,19). The number of likely N-dealkylation sites (tertiary alicyclic amines) is 1. The zero-order chi connectivity index (χ0) is 14.0. The van der Waals surface area contributed by atoms with Crippen LogP contribution < -0.4 is 0 Å². The van der Waals surface area contributed by atoms with Gasteiger partial charge in [-0.1, -0.05) is 37.3 Å². The maximum absolute atomic E-state index is 12.1. The fourth-order valence-corrected chi connectivity index (χ4v) is 2.74. The van der Waals surface area contributed by atoms with E-state index in [4.69, 9.17) is 0 Å². The monoisotopic (exact) mass is 261 g/mol. The molecule has 0 bridgehead atoms. The van der Waals surface area contributed by atoms with Crippen molar-refractivity contribution in [3.05, 3.63) is 35.9 Å². The van der Waals surface area contributed by atoms with E-state index in [-0.39, 0.29) is 24.4 Å². The third-order valence-electron chi connectivity index (χ3n) is 3.89. The predicted octanol–water partition coefficient (Wildman–Crippen LogP) is 2.46. The SMILES string of the molecule is CCC(C)N1C(=O)CC(C(=O)O)C1c1ccccc1. The average Bonchev–Trinajstić information content (AvgIpc) is 2.76. The summed E-state index contributed by atoms with van der Waals surface area (Å²) in [5.74, 6) is -1.60. The van der Waals surface area contributed by atoms with E-state index in [9.17, 15) is 14.7 Å². The van der Waals surface area contributed by atoms with E-state index >= 15 is 0 Å². The lowest BCUT2D eigenvalue weighted by molar-refractivity contribution is -0.142. The van der Waals surface area contributed by atoms with Crippen LogP contribution in [0.1, 0.15) is 38.3 Å². The van der Waals surface area contributed by atoms with Crippen LogP contribution in [-0.4, -0.2) is 27.9 Å². The Balaban J connectivity index is 2.42. The average molecular weight is 261 g/mol. The number of carbonyl (C=O) groups is 2. The summed E-state index contributed by atoms with van der Waals surface area (Å²) in [6, 6.07) is 9.16. The number of carboxylic acids is 1. The highest BCUT2D eigenvalue weighted by Gasteiger charge is 2.45. The number of carbonyl (C=O) groups excluding carboxylic acids is 1. The molecule has 19 heavy (non-hydrogen) atoms. The number of rotatable bonds is 4. The number of carboxylic acid groups (broad SMARTS) is 1. The number of aliphatic carboxylic acids is 1. The zero-order valence-electron chi connectivity index (χ0n) is 11.2. The van der Waals surface area contributed by atoms with Crippen LogP contribution >= 0.6 is 0 Å². The third-order valence-corrected chi connectivity index (χ3v) is 3.89. The van der Waals surface area contributed by atoms with E-state index in [1.165, 1.54) is 0 Å².